The molecule has 0 unspecified atom stereocenters. The summed E-state index contributed by atoms with van der Waals surface area (Å²) in [5.74, 6) is 0.477. The molecular formula is C17H19N5OS. The molecule has 1 aromatic carbocycles. The number of benzene rings is 1. The lowest BCUT2D eigenvalue weighted by Crippen LogP contribution is -2.22. The second-order valence-electron chi connectivity index (χ2n) is 5.76. The number of nitrogens with one attached hydrogen (secondary N) is 1. The van der Waals surface area contributed by atoms with Crippen molar-refractivity contribution in [1.82, 2.24) is 19.6 Å². The number of amides is 1. The number of carbonyl (C=O) groups excluding carboxylic acids is 1. The molecule has 0 aliphatic carbocycles. The van der Waals surface area contributed by atoms with Crippen molar-refractivity contribution in [1.29, 1.82) is 0 Å². The Hall–Kier alpha value is -2.41. The fourth-order valence-electron chi connectivity index (χ4n) is 2.29. The van der Waals surface area contributed by atoms with Gasteiger partial charge in [0.1, 0.15) is 0 Å². The minimum absolute atomic E-state index is 0.0800. The first kappa shape index (κ1) is 16.4. The molecule has 0 saturated carbocycles. The smallest absolute Gasteiger partial charge is 0.253 e. The highest BCUT2D eigenvalue weighted by Gasteiger charge is 2.18. The molecule has 1 N–H and O–H groups in total. The molecule has 0 saturated heterocycles. The van der Waals surface area contributed by atoms with E-state index >= 15 is 0 Å². The van der Waals surface area contributed by atoms with E-state index < -0.39 is 0 Å². The van der Waals surface area contributed by atoms with Crippen LogP contribution in [0.5, 0.6) is 0 Å². The Morgan fingerprint density at radius 1 is 1.17 bits per heavy atom. The summed E-state index contributed by atoms with van der Waals surface area (Å²) in [6.07, 6.45) is 0. The van der Waals surface area contributed by atoms with Gasteiger partial charge in [-0.3, -0.25) is 4.79 Å². The second kappa shape index (κ2) is 6.60. The molecule has 3 rings (SSSR count). The third-order valence-electron chi connectivity index (χ3n) is 3.57. The fourth-order valence-corrected chi connectivity index (χ4v) is 3.04. The molecule has 124 valence electrons. The van der Waals surface area contributed by atoms with Gasteiger partial charge < -0.3 is 5.32 Å². The first-order valence-corrected chi connectivity index (χ1v) is 8.55. The van der Waals surface area contributed by atoms with Crippen LogP contribution in [0.2, 0.25) is 0 Å². The summed E-state index contributed by atoms with van der Waals surface area (Å²) in [6, 6.07) is 9.67. The van der Waals surface area contributed by atoms with Gasteiger partial charge in [0.15, 0.2) is 0 Å². The van der Waals surface area contributed by atoms with Crippen LogP contribution in [0.1, 0.15) is 23.9 Å². The predicted octanol–water partition coefficient (Wildman–Crippen LogP) is 3.17. The van der Waals surface area contributed by atoms with Crippen LogP contribution in [0.25, 0.3) is 5.78 Å². The minimum atomic E-state index is -0.315. The van der Waals surface area contributed by atoms with Crippen LogP contribution >= 0.6 is 11.8 Å². The van der Waals surface area contributed by atoms with Crippen molar-refractivity contribution in [3.63, 3.8) is 0 Å². The van der Waals surface area contributed by atoms with E-state index in [2.05, 4.69) is 20.4 Å². The molecular weight excluding hydrogens is 322 g/mol. The number of rotatable bonds is 4. The third kappa shape index (κ3) is 3.56. The van der Waals surface area contributed by atoms with E-state index in [1.165, 1.54) is 11.8 Å². The minimum Gasteiger partial charge on any atom is -0.325 e. The molecule has 0 fully saturated rings. The van der Waals surface area contributed by atoms with Gasteiger partial charge in [-0.1, -0.05) is 29.5 Å². The van der Waals surface area contributed by atoms with E-state index in [-0.39, 0.29) is 11.2 Å². The van der Waals surface area contributed by atoms with Gasteiger partial charge >= 0.3 is 0 Å². The summed E-state index contributed by atoms with van der Waals surface area (Å²) in [4.78, 5) is 21.1. The SMILES string of the molecule is Cc1ccc(NC(=O)[C@@H](C)Sc2nc3nc(C)cc(C)n3n2)cc1. The number of aromatic nitrogens is 4. The maximum atomic E-state index is 12.3. The lowest BCUT2D eigenvalue weighted by atomic mass is 10.2. The summed E-state index contributed by atoms with van der Waals surface area (Å²) in [6.45, 7) is 7.73. The molecule has 0 spiro atoms. The number of hydrogen-bond acceptors (Lipinski definition) is 5. The van der Waals surface area contributed by atoms with Gasteiger partial charge in [-0.15, -0.1) is 5.10 Å². The molecule has 2 aromatic heterocycles. The van der Waals surface area contributed by atoms with Crippen LogP contribution in [-0.2, 0) is 4.79 Å². The molecule has 24 heavy (non-hydrogen) atoms. The molecule has 7 heteroatoms. The van der Waals surface area contributed by atoms with E-state index in [0.717, 1.165) is 22.6 Å². The van der Waals surface area contributed by atoms with Gasteiger partial charge in [-0.25, -0.2) is 9.50 Å². The number of nitrogens with zero attached hydrogens (tertiary/aromatic N) is 4. The average molecular weight is 341 g/mol. The summed E-state index contributed by atoms with van der Waals surface area (Å²) >= 11 is 1.32. The zero-order chi connectivity index (χ0) is 17.3. The first-order valence-electron chi connectivity index (χ1n) is 7.67. The van der Waals surface area contributed by atoms with Gasteiger partial charge in [0.05, 0.1) is 5.25 Å². The largest absolute Gasteiger partial charge is 0.325 e. The van der Waals surface area contributed by atoms with Crippen LogP contribution in [0.15, 0.2) is 35.5 Å². The summed E-state index contributed by atoms with van der Waals surface area (Å²) in [7, 11) is 0. The molecule has 0 bridgehead atoms. The zero-order valence-corrected chi connectivity index (χ0v) is 14.9. The molecule has 3 aromatic rings. The molecule has 1 amide bonds. The fraction of sp³-hybridized carbons (Fsp3) is 0.294. The van der Waals surface area contributed by atoms with Gasteiger partial charge in [-0.05, 0) is 45.9 Å². The van der Waals surface area contributed by atoms with Crippen molar-refractivity contribution >= 4 is 29.1 Å². The second-order valence-corrected chi connectivity index (χ2v) is 7.07. The van der Waals surface area contributed by atoms with Gasteiger partial charge in [0.25, 0.3) is 5.78 Å². The monoisotopic (exact) mass is 341 g/mol. The number of thioether (sulfide) groups is 1. The maximum absolute atomic E-state index is 12.3. The summed E-state index contributed by atoms with van der Waals surface area (Å²) in [5, 5.41) is 7.56. The molecule has 0 aliphatic heterocycles. The number of carbonyl (C=O) groups is 1. The normalized spacial score (nSPS) is 12.3. The highest BCUT2D eigenvalue weighted by atomic mass is 32.2. The molecule has 1 atom stereocenters. The Bertz CT molecular complexity index is 888. The van der Waals surface area contributed by atoms with Gasteiger partial charge in [0, 0.05) is 17.1 Å². The Morgan fingerprint density at radius 3 is 2.58 bits per heavy atom. The quantitative estimate of drug-likeness (QED) is 0.738. The van der Waals surface area contributed by atoms with E-state index in [1.807, 2.05) is 58.0 Å². The van der Waals surface area contributed by atoms with Crippen molar-refractivity contribution < 1.29 is 4.79 Å². The zero-order valence-electron chi connectivity index (χ0n) is 14.1. The van der Waals surface area contributed by atoms with Crippen LogP contribution in [0.3, 0.4) is 0 Å². The van der Waals surface area contributed by atoms with Crippen LogP contribution in [0, 0.1) is 20.8 Å². The highest BCUT2D eigenvalue weighted by Crippen LogP contribution is 2.22. The number of hydrogen-bond donors (Lipinski definition) is 1. The summed E-state index contributed by atoms with van der Waals surface area (Å²) < 4.78 is 1.69. The van der Waals surface area contributed by atoms with E-state index in [1.54, 1.807) is 4.52 Å². The van der Waals surface area contributed by atoms with Crippen molar-refractivity contribution in [3.8, 4) is 0 Å². The topological polar surface area (TPSA) is 72.2 Å². The van der Waals surface area contributed by atoms with E-state index in [4.69, 9.17) is 0 Å². The molecule has 0 radical (unpaired) electrons. The number of aryl methyl sites for hydroxylation is 3. The Labute approximate surface area is 144 Å². The predicted molar refractivity (Wildman–Crippen MR) is 95.4 cm³/mol. The third-order valence-corrected chi connectivity index (χ3v) is 4.52. The van der Waals surface area contributed by atoms with Gasteiger partial charge in [0.2, 0.25) is 11.1 Å². The maximum Gasteiger partial charge on any atom is 0.253 e. The Morgan fingerprint density at radius 2 is 1.88 bits per heavy atom. The average Bonchev–Trinajstić information content (AvgIpc) is 2.92. The van der Waals surface area contributed by atoms with Crippen molar-refractivity contribution in [2.45, 2.75) is 38.1 Å². The van der Waals surface area contributed by atoms with Crippen molar-refractivity contribution in [2.75, 3.05) is 5.32 Å². The van der Waals surface area contributed by atoms with Crippen molar-refractivity contribution in [2.24, 2.45) is 0 Å². The van der Waals surface area contributed by atoms with Crippen LogP contribution in [-0.4, -0.2) is 30.7 Å². The van der Waals surface area contributed by atoms with Crippen molar-refractivity contribution in [3.05, 3.63) is 47.3 Å². The van der Waals surface area contributed by atoms with Crippen LogP contribution in [0.4, 0.5) is 5.69 Å². The lowest BCUT2D eigenvalue weighted by Gasteiger charge is -2.10. The Kier molecular flexibility index (Phi) is 4.53. The molecule has 6 nitrogen and oxygen atoms in total. The van der Waals surface area contributed by atoms with Gasteiger partial charge in [-0.2, -0.15) is 4.98 Å². The number of fused-ring (bicyclic) bond motifs is 1. The van der Waals surface area contributed by atoms with E-state index in [0.29, 0.717) is 10.9 Å². The standard InChI is InChI=1S/C17H19N5OS/c1-10-5-7-14(8-6-10)19-15(23)13(4)24-17-20-16-18-11(2)9-12(3)22(16)21-17/h5-9,13H,1-4H3,(H,19,23)/t13-/m1/s1. The molecule has 0 aliphatic rings. The first-order chi connectivity index (χ1) is 11.4. The number of anilines is 1. The summed E-state index contributed by atoms with van der Waals surface area (Å²) in [5.41, 5.74) is 3.80. The van der Waals surface area contributed by atoms with Crippen LogP contribution < -0.4 is 5.32 Å². The van der Waals surface area contributed by atoms with E-state index in [9.17, 15) is 4.79 Å². The lowest BCUT2D eigenvalue weighted by molar-refractivity contribution is -0.115. The Balaban J connectivity index is 1.72. The molecule has 2 heterocycles. The highest BCUT2D eigenvalue weighted by molar-refractivity contribution is 8.00.